The second-order valence-corrected chi connectivity index (χ2v) is 9.21. The average molecular weight is 326 g/mol. The van der Waals surface area contributed by atoms with Gasteiger partial charge >= 0.3 is 0 Å². The van der Waals surface area contributed by atoms with Crippen LogP contribution >= 0.6 is 0 Å². The second kappa shape index (κ2) is 4.49. The van der Waals surface area contributed by atoms with Gasteiger partial charge in [-0.3, -0.25) is 9.59 Å². The number of ether oxygens (including phenoxy) is 1. The number of epoxide rings is 1. The average Bonchev–Trinajstić information content (AvgIpc) is 3.23. The fraction of sp³-hybridized carbons (Fsp3) is 0.714. The van der Waals surface area contributed by atoms with Gasteiger partial charge in [-0.05, 0) is 73.5 Å². The van der Waals surface area contributed by atoms with E-state index in [0.29, 0.717) is 23.5 Å². The van der Waals surface area contributed by atoms with Gasteiger partial charge in [0.1, 0.15) is 11.9 Å². The maximum Gasteiger partial charge on any atom is 0.178 e. The van der Waals surface area contributed by atoms with Crippen molar-refractivity contribution in [2.75, 3.05) is 0 Å². The zero-order chi connectivity index (χ0) is 16.9. The van der Waals surface area contributed by atoms with Crippen LogP contribution in [-0.2, 0) is 14.3 Å². The Balaban J connectivity index is 1.56. The molecular formula is C21H26O3. The van der Waals surface area contributed by atoms with Crippen LogP contribution in [0.4, 0.5) is 0 Å². The van der Waals surface area contributed by atoms with Gasteiger partial charge < -0.3 is 4.74 Å². The fourth-order valence-electron chi connectivity index (χ4n) is 7.12. The lowest BCUT2D eigenvalue weighted by Gasteiger charge is -2.55. The van der Waals surface area contributed by atoms with E-state index in [1.807, 2.05) is 6.08 Å². The molecule has 1 saturated heterocycles. The Morgan fingerprint density at radius 1 is 1.21 bits per heavy atom. The molecule has 3 saturated carbocycles. The van der Waals surface area contributed by atoms with Crippen LogP contribution in [-0.4, -0.2) is 23.8 Å². The van der Waals surface area contributed by atoms with Gasteiger partial charge in [0.05, 0.1) is 6.10 Å². The Kier molecular flexibility index (Phi) is 2.82. The molecule has 1 unspecified atom stereocenters. The first-order chi connectivity index (χ1) is 11.4. The van der Waals surface area contributed by atoms with E-state index >= 15 is 0 Å². The molecule has 0 aromatic rings. The number of Topliss-reactive ketones (excluding diaryl/α,β-unsaturated/α-hetero) is 1. The van der Waals surface area contributed by atoms with Gasteiger partial charge in [-0.15, -0.1) is 0 Å². The normalized spacial score (nSPS) is 54.3. The van der Waals surface area contributed by atoms with E-state index in [1.54, 1.807) is 13.0 Å². The molecule has 3 heteroatoms. The number of fused-ring (bicyclic) bond motifs is 8. The van der Waals surface area contributed by atoms with Crippen LogP contribution in [0.1, 0.15) is 46.5 Å². The van der Waals surface area contributed by atoms with Crippen LogP contribution in [0.25, 0.3) is 0 Å². The first-order valence-electron chi connectivity index (χ1n) is 9.47. The van der Waals surface area contributed by atoms with Crippen molar-refractivity contribution in [3.63, 3.8) is 0 Å². The first-order valence-corrected chi connectivity index (χ1v) is 9.47. The van der Waals surface area contributed by atoms with Crippen LogP contribution < -0.4 is 0 Å². The van der Waals surface area contributed by atoms with E-state index in [1.165, 1.54) is 5.57 Å². The summed E-state index contributed by atoms with van der Waals surface area (Å²) >= 11 is 0. The molecule has 1 heterocycles. The highest BCUT2D eigenvalue weighted by Gasteiger charge is 2.68. The Morgan fingerprint density at radius 2 is 2.00 bits per heavy atom. The number of hydrogen-bond acceptors (Lipinski definition) is 3. The van der Waals surface area contributed by atoms with Crippen LogP contribution in [0.5, 0.6) is 0 Å². The predicted octanol–water partition coefficient (Wildman–Crippen LogP) is 3.49. The molecule has 1 aliphatic heterocycles. The van der Waals surface area contributed by atoms with E-state index in [0.717, 1.165) is 25.7 Å². The quantitative estimate of drug-likeness (QED) is 0.693. The summed E-state index contributed by atoms with van der Waals surface area (Å²) in [6.45, 7) is 6.44. The number of rotatable bonds is 1. The molecule has 8 atom stereocenters. The fourth-order valence-corrected chi connectivity index (χ4v) is 7.12. The van der Waals surface area contributed by atoms with Crippen molar-refractivity contribution in [1.29, 1.82) is 0 Å². The third kappa shape index (κ3) is 1.67. The van der Waals surface area contributed by atoms with Crippen molar-refractivity contribution in [1.82, 2.24) is 0 Å². The van der Waals surface area contributed by atoms with Crippen LogP contribution in [0.3, 0.4) is 0 Å². The van der Waals surface area contributed by atoms with Crippen molar-refractivity contribution in [3.05, 3.63) is 23.8 Å². The SMILES string of the molecule is CC(=O)[C@H]1CC[C@H]2[C@@H]3[C@@H]4OC4C4=CC(=O)C=C[C@]4(C)[C@H]3CC[C@]12C. The Labute approximate surface area is 143 Å². The minimum atomic E-state index is -0.0358. The monoisotopic (exact) mass is 326 g/mol. The van der Waals surface area contributed by atoms with Gasteiger partial charge in [0, 0.05) is 11.3 Å². The zero-order valence-corrected chi connectivity index (χ0v) is 14.7. The molecule has 0 bridgehead atoms. The highest BCUT2D eigenvalue weighted by molar-refractivity contribution is 6.01. The maximum atomic E-state index is 12.2. The molecule has 5 rings (SSSR count). The molecule has 4 aliphatic carbocycles. The molecule has 0 amide bonds. The number of allylic oxidation sites excluding steroid dienone is 3. The highest BCUT2D eigenvalue weighted by atomic mass is 16.6. The largest absolute Gasteiger partial charge is 0.364 e. The van der Waals surface area contributed by atoms with E-state index in [4.69, 9.17) is 4.74 Å². The van der Waals surface area contributed by atoms with Gasteiger partial charge in [0.2, 0.25) is 0 Å². The smallest absolute Gasteiger partial charge is 0.178 e. The molecule has 0 aromatic heterocycles. The predicted molar refractivity (Wildman–Crippen MR) is 90.2 cm³/mol. The summed E-state index contributed by atoms with van der Waals surface area (Å²) in [7, 11) is 0. The lowest BCUT2D eigenvalue weighted by Crippen LogP contribution is -2.53. The summed E-state index contributed by atoms with van der Waals surface area (Å²) in [6, 6.07) is 0. The zero-order valence-electron chi connectivity index (χ0n) is 14.7. The Hall–Kier alpha value is -1.22. The molecular weight excluding hydrogens is 300 g/mol. The van der Waals surface area contributed by atoms with Crippen molar-refractivity contribution < 1.29 is 14.3 Å². The molecule has 0 spiro atoms. The molecule has 3 nitrogen and oxygen atoms in total. The van der Waals surface area contributed by atoms with E-state index < -0.39 is 0 Å². The summed E-state index contributed by atoms with van der Waals surface area (Å²) < 4.78 is 6.14. The molecule has 5 aliphatic rings. The van der Waals surface area contributed by atoms with Gasteiger partial charge in [0.25, 0.3) is 0 Å². The molecule has 0 N–H and O–H groups in total. The van der Waals surface area contributed by atoms with Gasteiger partial charge in [-0.1, -0.05) is 19.9 Å². The lowest BCUT2D eigenvalue weighted by molar-refractivity contribution is -0.127. The number of carbonyl (C=O) groups is 2. The lowest BCUT2D eigenvalue weighted by atomic mass is 9.47. The van der Waals surface area contributed by atoms with Crippen molar-refractivity contribution >= 4 is 11.6 Å². The van der Waals surface area contributed by atoms with Crippen LogP contribution in [0.2, 0.25) is 0 Å². The second-order valence-electron chi connectivity index (χ2n) is 9.21. The third-order valence-electron chi connectivity index (χ3n) is 8.32. The standard InChI is InChI=1S/C21H26O3/c1-11(22)13-4-5-14-17-15(7-9-20(13,14)2)21(3)8-6-12(23)10-16(21)18-19(17)24-18/h6,8,10,13-15,17-19H,4-5,7,9H2,1-3H3/t13-,14+,15+,17+,18?,19+,20-,21-/m1/s1. The summed E-state index contributed by atoms with van der Waals surface area (Å²) in [5, 5.41) is 0. The van der Waals surface area contributed by atoms with E-state index in [9.17, 15) is 9.59 Å². The Morgan fingerprint density at radius 3 is 2.75 bits per heavy atom. The van der Waals surface area contributed by atoms with Crippen molar-refractivity contribution in [2.24, 2.45) is 34.5 Å². The molecule has 24 heavy (non-hydrogen) atoms. The number of hydrogen-bond donors (Lipinski definition) is 0. The number of carbonyl (C=O) groups excluding carboxylic acids is 2. The molecule has 128 valence electrons. The first kappa shape index (κ1) is 15.1. The van der Waals surface area contributed by atoms with Crippen molar-refractivity contribution in [3.8, 4) is 0 Å². The molecule has 0 aromatic carbocycles. The van der Waals surface area contributed by atoms with E-state index in [-0.39, 0.29) is 34.7 Å². The Bertz CT molecular complexity index is 704. The summed E-state index contributed by atoms with van der Waals surface area (Å²) in [5.74, 6) is 2.38. The third-order valence-corrected chi connectivity index (χ3v) is 8.32. The summed E-state index contributed by atoms with van der Waals surface area (Å²) in [4.78, 5) is 24.1. The number of ketones is 2. The minimum Gasteiger partial charge on any atom is -0.364 e. The minimum absolute atomic E-state index is 0.0358. The topological polar surface area (TPSA) is 46.7 Å². The van der Waals surface area contributed by atoms with Gasteiger partial charge in [0.15, 0.2) is 5.78 Å². The maximum absolute atomic E-state index is 12.2. The van der Waals surface area contributed by atoms with Gasteiger partial charge in [-0.2, -0.15) is 0 Å². The summed E-state index contributed by atoms with van der Waals surface area (Å²) in [5.41, 5.74) is 1.33. The van der Waals surface area contributed by atoms with Crippen molar-refractivity contribution in [2.45, 2.75) is 58.7 Å². The molecule has 4 fully saturated rings. The summed E-state index contributed by atoms with van der Waals surface area (Å²) in [6.07, 6.45) is 10.6. The highest BCUT2D eigenvalue weighted by Crippen LogP contribution is 2.69. The van der Waals surface area contributed by atoms with Gasteiger partial charge in [-0.25, -0.2) is 0 Å². The van der Waals surface area contributed by atoms with E-state index in [2.05, 4.69) is 19.9 Å². The molecule has 0 radical (unpaired) electrons. The van der Waals surface area contributed by atoms with Crippen LogP contribution in [0, 0.1) is 34.5 Å². The van der Waals surface area contributed by atoms with Crippen LogP contribution in [0.15, 0.2) is 23.8 Å².